The Kier molecular flexibility index (Phi) is 9.55. The lowest BCUT2D eigenvalue weighted by molar-refractivity contribution is -0.159. The Labute approximate surface area is 198 Å². The summed E-state index contributed by atoms with van der Waals surface area (Å²) in [5.74, 6) is -1.25. The van der Waals surface area contributed by atoms with Crippen LogP contribution in [0.25, 0.3) is 0 Å². The second-order valence-corrected chi connectivity index (χ2v) is 7.93. The van der Waals surface area contributed by atoms with Crippen molar-refractivity contribution in [2.75, 3.05) is 12.4 Å². The van der Waals surface area contributed by atoms with Crippen LogP contribution in [0.5, 0.6) is 0 Å². The van der Waals surface area contributed by atoms with Crippen molar-refractivity contribution in [2.24, 2.45) is 0 Å². The van der Waals surface area contributed by atoms with Crippen LogP contribution in [0.2, 0.25) is 0 Å². The minimum absolute atomic E-state index is 0.0334. The molecule has 1 aliphatic heterocycles. The van der Waals surface area contributed by atoms with Crippen LogP contribution in [0.4, 0.5) is 5.69 Å². The number of rotatable bonds is 7. The van der Waals surface area contributed by atoms with Gasteiger partial charge in [0.25, 0.3) is 0 Å². The van der Waals surface area contributed by atoms with Crippen LogP contribution in [-0.2, 0) is 40.7 Å². The molecule has 0 aliphatic carbocycles. The monoisotopic (exact) mass is 467 g/mol. The summed E-state index contributed by atoms with van der Waals surface area (Å²) < 4.78 is 9.90. The molecular weight excluding hydrogens is 438 g/mol. The summed E-state index contributed by atoms with van der Waals surface area (Å²) in [4.78, 5) is 43.3. The first-order valence-electron chi connectivity index (χ1n) is 10.7. The number of Topliss-reactive ketones (excluding diaryl/α,β-unsaturated/α-hetero) is 1. The predicted molar refractivity (Wildman–Crippen MR) is 126 cm³/mol. The molecule has 180 valence electrons. The van der Waals surface area contributed by atoms with Gasteiger partial charge in [-0.05, 0) is 43.0 Å². The Morgan fingerprint density at radius 1 is 1.06 bits per heavy atom. The molecule has 0 saturated carbocycles. The smallest absolute Gasteiger partial charge is 0.335 e. The number of cyclic esters (lactones) is 1. The predicted octanol–water partition coefficient (Wildman–Crippen LogP) is 4.00. The minimum atomic E-state index is -0.881. The molecule has 0 aromatic heterocycles. The van der Waals surface area contributed by atoms with Crippen molar-refractivity contribution in [3.05, 3.63) is 77.6 Å². The number of anilines is 1. The number of amides is 1. The minimum Gasteiger partial charge on any atom is -0.512 e. The van der Waals surface area contributed by atoms with Crippen LogP contribution >= 0.6 is 0 Å². The van der Waals surface area contributed by atoms with Crippen molar-refractivity contribution in [3.63, 3.8) is 0 Å². The first-order chi connectivity index (χ1) is 16.1. The van der Waals surface area contributed by atoms with Crippen LogP contribution < -0.4 is 5.32 Å². The molecule has 0 fully saturated rings. The van der Waals surface area contributed by atoms with Gasteiger partial charge in [0.05, 0.1) is 13.2 Å². The fraction of sp³-hybridized carbons (Fsp3) is 0.308. The number of carbonyl (C=O) groups excluding carboxylic acids is 4. The number of hydrogen-bond acceptors (Lipinski definition) is 7. The zero-order chi connectivity index (χ0) is 25.1. The zero-order valence-electron chi connectivity index (χ0n) is 19.5. The van der Waals surface area contributed by atoms with E-state index in [0.717, 1.165) is 22.9 Å². The van der Waals surface area contributed by atoms with Gasteiger partial charge >= 0.3 is 11.9 Å². The number of benzene rings is 2. The summed E-state index contributed by atoms with van der Waals surface area (Å²) in [7, 11) is 1.26. The van der Waals surface area contributed by atoms with E-state index in [4.69, 9.17) is 4.74 Å². The number of ketones is 1. The van der Waals surface area contributed by atoms with Crippen LogP contribution in [0.3, 0.4) is 0 Å². The highest BCUT2D eigenvalue weighted by Gasteiger charge is 2.39. The van der Waals surface area contributed by atoms with Gasteiger partial charge in [-0.2, -0.15) is 0 Å². The topological polar surface area (TPSA) is 119 Å². The molecule has 2 aromatic rings. The van der Waals surface area contributed by atoms with E-state index < -0.39 is 17.5 Å². The Morgan fingerprint density at radius 2 is 1.71 bits per heavy atom. The van der Waals surface area contributed by atoms with Gasteiger partial charge in [-0.1, -0.05) is 42.5 Å². The third kappa shape index (κ3) is 8.20. The highest BCUT2D eigenvalue weighted by molar-refractivity contribution is 5.94. The molecule has 3 rings (SSSR count). The molecule has 1 unspecified atom stereocenters. The van der Waals surface area contributed by atoms with Crippen LogP contribution in [0, 0.1) is 0 Å². The Hall–Kier alpha value is -3.94. The van der Waals surface area contributed by atoms with Gasteiger partial charge < -0.3 is 19.9 Å². The van der Waals surface area contributed by atoms with Crippen molar-refractivity contribution < 1.29 is 33.8 Å². The van der Waals surface area contributed by atoms with Gasteiger partial charge in [0.15, 0.2) is 0 Å². The third-order valence-corrected chi connectivity index (χ3v) is 5.06. The fourth-order valence-electron chi connectivity index (χ4n) is 3.50. The first kappa shape index (κ1) is 26.3. The molecule has 8 heteroatoms. The number of aliphatic hydroxyl groups is 1. The second-order valence-electron chi connectivity index (χ2n) is 7.93. The fourth-order valence-corrected chi connectivity index (χ4v) is 3.50. The standard InChI is InChI=1S/C21H21NO4.C5H8O3/c1-15(23)22-18-9-7-16(8-10-18)11-12-21(17-5-3-2-4-6-17)14-19(24)13-20(25)26-21;1-4(6)3-5(7)8-2/h2-10,13,24H,11-12,14H2,1H3,(H,22,23);3H2,1-2H3. The molecule has 1 aliphatic rings. The maximum Gasteiger partial charge on any atom is 0.335 e. The van der Waals surface area contributed by atoms with Gasteiger partial charge in [-0.25, -0.2) is 4.79 Å². The van der Waals surface area contributed by atoms with Crippen molar-refractivity contribution >= 4 is 29.3 Å². The van der Waals surface area contributed by atoms with E-state index in [9.17, 15) is 24.3 Å². The molecule has 1 heterocycles. The number of nitrogens with one attached hydrogen (secondary N) is 1. The maximum absolute atomic E-state index is 11.9. The van der Waals surface area contributed by atoms with E-state index in [0.29, 0.717) is 12.8 Å². The van der Waals surface area contributed by atoms with Crippen molar-refractivity contribution in [2.45, 2.75) is 45.1 Å². The van der Waals surface area contributed by atoms with Crippen molar-refractivity contribution in [3.8, 4) is 0 Å². The highest BCUT2D eigenvalue weighted by Crippen LogP contribution is 2.39. The van der Waals surface area contributed by atoms with Crippen LogP contribution in [0.15, 0.2) is 66.4 Å². The van der Waals surface area contributed by atoms with Crippen molar-refractivity contribution in [1.82, 2.24) is 0 Å². The molecule has 1 atom stereocenters. The van der Waals surface area contributed by atoms with Gasteiger partial charge in [-0.15, -0.1) is 0 Å². The molecule has 2 aromatic carbocycles. The van der Waals surface area contributed by atoms with Gasteiger partial charge in [0.1, 0.15) is 23.6 Å². The van der Waals surface area contributed by atoms with Gasteiger partial charge in [-0.3, -0.25) is 14.4 Å². The normalized spacial score (nSPS) is 16.8. The molecule has 0 radical (unpaired) electrons. The summed E-state index contributed by atoms with van der Waals surface area (Å²) >= 11 is 0. The summed E-state index contributed by atoms with van der Waals surface area (Å²) in [6, 6.07) is 17.1. The Balaban J connectivity index is 0.000000440. The average Bonchev–Trinajstić information content (AvgIpc) is 2.78. The first-order valence-corrected chi connectivity index (χ1v) is 10.7. The molecule has 34 heavy (non-hydrogen) atoms. The van der Waals surface area contributed by atoms with E-state index in [1.807, 2.05) is 54.6 Å². The summed E-state index contributed by atoms with van der Waals surface area (Å²) in [5, 5.41) is 12.7. The number of aryl methyl sites for hydroxylation is 1. The van der Waals surface area contributed by atoms with E-state index in [1.165, 1.54) is 21.0 Å². The zero-order valence-corrected chi connectivity index (χ0v) is 19.5. The number of esters is 2. The molecule has 1 amide bonds. The van der Waals surface area contributed by atoms with Gasteiger partial charge in [0.2, 0.25) is 5.91 Å². The van der Waals surface area contributed by atoms with E-state index in [-0.39, 0.29) is 30.3 Å². The number of ether oxygens (including phenoxy) is 2. The molecular formula is C26H29NO7. The second kappa shape index (κ2) is 12.3. The molecule has 8 nitrogen and oxygen atoms in total. The van der Waals surface area contributed by atoms with E-state index in [2.05, 4.69) is 10.1 Å². The van der Waals surface area contributed by atoms with Crippen LogP contribution in [0.1, 0.15) is 44.2 Å². The Bertz CT molecular complexity index is 1040. The molecule has 0 spiro atoms. The highest BCUT2D eigenvalue weighted by atomic mass is 16.6. The van der Waals surface area contributed by atoms with Crippen molar-refractivity contribution in [1.29, 1.82) is 0 Å². The Morgan fingerprint density at radius 3 is 2.21 bits per heavy atom. The third-order valence-electron chi connectivity index (χ3n) is 5.06. The van der Waals surface area contributed by atoms with Gasteiger partial charge in [0, 0.05) is 19.0 Å². The summed E-state index contributed by atoms with van der Waals surface area (Å²) in [6.45, 7) is 2.81. The number of aliphatic hydroxyl groups excluding tert-OH is 1. The summed E-state index contributed by atoms with van der Waals surface area (Å²) in [5.41, 5.74) is 1.78. The number of methoxy groups -OCH3 is 1. The molecule has 0 saturated heterocycles. The lowest BCUT2D eigenvalue weighted by Crippen LogP contribution is -2.36. The lowest BCUT2D eigenvalue weighted by Gasteiger charge is -2.36. The van der Waals surface area contributed by atoms with E-state index in [1.54, 1.807) is 0 Å². The largest absolute Gasteiger partial charge is 0.512 e. The lowest BCUT2D eigenvalue weighted by atomic mass is 9.83. The maximum atomic E-state index is 11.9. The number of hydrogen-bond donors (Lipinski definition) is 2. The molecule has 0 bridgehead atoms. The molecule has 2 N–H and O–H groups in total. The van der Waals surface area contributed by atoms with Crippen LogP contribution in [-0.4, -0.2) is 35.8 Å². The number of carbonyl (C=O) groups is 4. The SMILES string of the molecule is CC(=O)Nc1ccc(CCC2(c3ccccc3)CC(O)=CC(=O)O2)cc1.COC(=O)CC(C)=O. The van der Waals surface area contributed by atoms with E-state index >= 15 is 0 Å². The average molecular weight is 468 g/mol. The summed E-state index contributed by atoms with van der Waals surface area (Å²) in [6.07, 6.45) is 2.47. The quantitative estimate of drug-likeness (QED) is 0.467.